The van der Waals surface area contributed by atoms with Gasteiger partial charge in [0.05, 0.1) is 16.8 Å². The summed E-state index contributed by atoms with van der Waals surface area (Å²) < 4.78 is 3.36. The van der Waals surface area contributed by atoms with Crippen molar-refractivity contribution in [3.05, 3.63) is 77.2 Å². The van der Waals surface area contributed by atoms with Gasteiger partial charge in [-0.3, -0.25) is 9.69 Å². The maximum atomic E-state index is 12.4. The van der Waals surface area contributed by atoms with Gasteiger partial charge in [-0.25, -0.2) is 9.20 Å². The Morgan fingerprint density at radius 3 is 2.41 bits per heavy atom. The minimum absolute atomic E-state index is 0.127. The molecule has 0 spiro atoms. The molecule has 4 rings (SSSR count). The van der Waals surface area contributed by atoms with E-state index in [0.717, 1.165) is 28.0 Å². The van der Waals surface area contributed by atoms with Crippen LogP contribution >= 0.6 is 0 Å². The second kappa shape index (κ2) is 6.81. The Hall–Kier alpha value is -3.25. The van der Waals surface area contributed by atoms with Gasteiger partial charge in [0.25, 0.3) is 5.56 Å². The molecule has 1 atom stereocenters. The fourth-order valence-corrected chi connectivity index (χ4v) is 3.09. The minimum atomic E-state index is -0.153. The Bertz CT molecular complexity index is 1140. The number of rotatable bonds is 4. The molecule has 6 nitrogen and oxygen atoms in total. The highest BCUT2D eigenvalue weighted by atomic mass is 16.1. The molecular formula is C21H21N5O. The predicted octanol–water partition coefficient (Wildman–Crippen LogP) is 3.31. The Morgan fingerprint density at radius 2 is 1.67 bits per heavy atom. The summed E-state index contributed by atoms with van der Waals surface area (Å²) in [7, 11) is 3.85. The van der Waals surface area contributed by atoms with E-state index in [-0.39, 0.29) is 11.7 Å². The quantitative estimate of drug-likeness (QED) is 0.561. The molecule has 136 valence electrons. The highest BCUT2D eigenvalue weighted by Gasteiger charge is 2.19. The van der Waals surface area contributed by atoms with Crippen LogP contribution < -0.4 is 5.56 Å². The van der Waals surface area contributed by atoms with Crippen LogP contribution in [0.2, 0.25) is 0 Å². The zero-order valence-corrected chi connectivity index (χ0v) is 15.6. The number of benzene rings is 1. The standard InChI is InChI=1S/C21H21N5O/c1-15(24(2)3)26-19(27)13-12-17(22-26)20-18-11-7-8-14-25(18)23-21(20)16-9-5-4-6-10-16/h4-15H,1-3H3. The summed E-state index contributed by atoms with van der Waals surface area (Å²) in [5.74, 6) is 0. The van der Waals surface area contributed by atoms with Crippen LogP contribution in [0, 0.1) is 0 Å². The summed E-state index contributed by atoms with van der Waals surface area (Å²) in [5.41, 5.74) is 4.32. The Balaban J connectivity index is 1.99. The first-order chi connectivity index (χ1) is 13.1. The largest absolute Gasteiger partial charge is 0.288 e. The van der Waals surface area contributed by atoms with Crippen molar-refractivity contribution in [1.29, 1.82) is 0 Å². The number of nitrogens with zero attached hydrogens (tertiary/aromatic N) is 5. The summed E-state index contributed by atoms with van der Waals surface area (Å²) in [4.78, 5) is 14.3. The lowest BCUT2D eigenvalue weighted by molar-refractivity contribution is 0.213. The number of pyridine rings is 1. The van der Waals surface area contributed by atoms with Crippen molar-refractivity contribution < 1.29 is 0 Å². The van der Waals surface area contributed by atoms with Crippen LogP contribution in [0.5, 0.6) is 0 Å². The van der Waals surface area contributed by atoms with E-state index >= 15 is 0 Å². The van der Waals surface area contributed by atoms with Gasteiger partial charge in [-0.1, -0.05) is 36.4 Å². The number of aromatic nitrogens is 4. The summed E-state index contributed by atoms with van der Waals surface area (Å²) in [6.07, 6.45) is 1.77. The van der Waals surface area contributed by atoms with Gasteiger partial charge >= 0.3 is 0 Å². The van der Waals surface area contributed by atoms with E-state index in [9.17, 15) is 4.79 Å². The Kier molecular flexibility index (Phi) is 4.33. The van der Waals surface area contributed by atoms with E-state index in [1.165, 1.54) is 4.68 Å². The summed E-state index contributed by atoms with van der Waals surface area (Å²) >= 11 is 0. The molecule has 0 radical (unpaired) electrons. The highest BCUT2D eigenvalue weighted by molar-refractivity contribution is 5.90. The maximum Gasteiger partial charge on any atom is 0.268 e. The molecule has 6 heteroatoms. The molecule has 0 saturated carbocycles. The molecule has 0 saturated heterocycles. The molecular weight excluding hydrogens is 338 g/mol. The Morgan fingerprint density at radius 1 is 0.926 bits per heavy atom. The van der Waals surface area contributed by atoms with Gasteiger partial charge in [0, 0.05) is 17.8 Å². The molecule has 0 N–H and O–H groups in total. The molecule has 3 aromatic heterocycles. The van der Waals surface area contributed by atoms with Crippen LogP contribution in [0.1, 0.15) is 13.1 Å². The van der Waals surface area contributed by atoms with Crippen molar-refractivity contribution in [3.63, 3.8) is 0 Å². The minimum Gasteiger partial charge on any atom is -0.288 e. The lowest BCUT2D eigenvalue weighted by Gasteiger charge is -2.21. The summed E-state index contributed by atoms with van der Waals surface area (Å²) in [6, 6.07) is 19.3. The van der Waals surface area contributed by atoms with Gasteiger partial charge in [0.15, 0.2) is 0 Å². The molecule has 1 aromatic carbocycles. The molecule has 0 amide bonds. The summed E-state index contributed by atoms with van der Waals surface area (Å²) in [5, 5.41) is 9.45. The molecule has 3 heterocycles. The van der Waals surface area contributed by atoms with Crippen LogP contribution in [0.3, 0.4) is 0 Å². The molecule has 0 fully saturated rings. The predicted molar refractivity (Wildman–Crippen MR) is 107 cm³/mol. The molecule has 0 aliphatic carbocycles. The zero-order chi connectivity index (χ0) is 19.0. The maximum absolute atomic E-state index is 12.4. The first-order valence-corrected chi connectivity index (χ1v) is 8.85. The lowest BCUT2D eigenvalue weighted by Crippen LogP contribution is -2.33. The molecule has 27 heavy (non-hydrogen) atoms. The van der Waals surface area contributed by atoms with Crippen LogP contribution in [-0.4, -0.2) is 38.4 Å². The molecule has 4 aromatic rings. The molecule has 0 bridgehead atoms. The normalized spacial score (nSPS) is 12.6. The fourth-order valence-electron chi connectivity index (χ4n) is 3.09. The van der Waals surface area contributed by atoms with Crippen molar-refractivity contribution in [2.24, 2.45) is 0 Å². The molecule has 1 unspecified atom stereocenters. The van der Waals surface area contributed by atoms with Crippen LogP contribution in [-0.2, 0) is 0 Å². The molecule has 0 aliphatic heterocycles. The number of fused-ring (bicyclic) bond motifs is 1. The van der Waals surface area contributed by atoms with E-state index in [2.05, 4.69) is 5.10 Å². The van der Waals surface area contributed by atoms with E-state index in [1.807, 2.05) is 85.2 Å². The van der Waals surface area contributed by atoms with E-state index < -0.39 is 0 Å². The summed E-state index contributed by atoms with van der Waals surface area (Å²) in [6.45, 7) is 1.95. The van der Waals surface area contributed by atoms with Gasteiger partial charge in [-0.15, -0.1) is 0 Å². The zero-order valence-electron chi connectivity index (χ0n) is 15.6. The highest BCUT2D eigenvalue weighted by Crippen LogP contribution is 2.33. The Labute approximate surface area is 157 Å². The van der Waals surface area contributed by atoms with Gasteiger partial charge in [0.2, 0.25) is 0 Å². The van der Waals surface area contributed by atoms with E-state index in [1.54, 1.807) is 12.1 Å². The monoisotopic (exact) mass is 359 g/mol. The van der Waals surface area contributed by atoms with Gasteiger partial charge in [-0.2, -0.15) is 10.2 Å². The first-order valence-electron chi connectivity index (χ1n) is 8.85. The third kappa shape index (κ3) is 3.04. The van der Waals surface area contributed by atoms with E-state index in [4.69, 9.17) is 5.10 Å². The smallest absolute Gasteiger partial charge is 0.268 e. The van der Waals surface area contributed by atoms with Crippen molar-refractivity contribution in [2.75, 3.05) is 14.1 Å². The SMILES string of the molecule is CC(N(C)C)n1nc(-c2c(-c3ccccc3)nn3ccccc23)ccc1=O. The number of hydrogen-bond donors (Lipinski definition) is 0. The number of hydrogen-bond acceptors (Lipinski definition) is 4. The second-order valence-corrected chi connectivity index (χ2v) is 6.72. The van der Waals surface area contributed by atoms with Gasteiger partial charge in [0.1, 0.15) is 11.9 Å². The van der Waals surface area contributed by atoms with Crippen LogP contribution in [0.25, 0.3) is 28.0 Å². The fraction of sp³-hybridized carbons (Fsp3) is 0.190. The van der Waals surface area contributed by atoms with Crippen molar-refractivity contribution in [1.82, 2.24) is 24.3 Å². The van der Waals surface area contributed by atoms with E-state index in [0.29, 0.717) is 0 Å². The lowest BCUT2D eigenvalue weighted by atomic mass is 10.0. The average Bonchev–Trinajstić information content (AvgIpc) is 3.08. The van der Waals surface area contributed by atoms with Gasteiger partial charge < -0.3 is 0 Å². The van der Waals surface area contributed by atoms with Crippen LogP contribution in [0.4, 0.5) is 0 Å². The topological polar surface area (TPSA) is 55.4 Å². The molecule has 0 aliphatic rings. The second-order valence-electron chi connectivity index (χ2n) is 6.72. The van der Waals surface area contributed by atoms with Crippen molar-refractivity contribution >= 4 is 5.52 Å². The van der Waals surface area contributed by atoms with Crippen LogP contribution in [0.15, 0.2) is 71.7 Å². The third-order valence-electron chi connectivity index (χ3n) is 4.77. The average molecular weight is 359 g/mol. The van der Waals surface area contributed by atoms with Gasteiger partial charge in [-0.05, 0) is 39.2 Å². The first kappa shape index (κ1) is 17.2. The van der Waals surface area contributed by atoms with Crippen molar-refractivity contribution in [2.45, 2.75) is 13.1 Å². The van der Waals surface area contributed by atoms with Crippen molar-refractivity contribution in [3.8, 4) is 22.5 Å². The third-order valence-corrected chi connectivity index (χ3v) is 4.77.